The van der Waals surface area contributed by atoms with Crippen LogP contribution in [-0.4, -0.2) is 71.9 Å². The van der Waals surface area contributed by atoms with Crippen LogP contribution in [0.2, 0.25) is 0 Å². The molecule has 4 heterocycles. The third-order valence-electron chi connectivity index (χ3n) is 6.66. The Morgan fingerprint density at radius 3 is 2.69 bits per heavy atom. The molecule has 1 fully saturated rings. The van der Waals surface area contributed by atoms with Crippen LogP contribution < -0.4 is 15.0 Å². The van der Waals surface area contributed by atoms with Gasteiger partial charge in [0.25, 0.3) is 0 Å². The van der Waals surface area contributed by atoms with Crippen LogP contribution in [0.15, 0.2) is 61.6 Å². The monoisotopic (exact) mass is 522 g/mol. The maximum atomic E-state index is 11.9. The van der Waals surface area contributed by atoms with E-state index in [1.54, 1.807) is 15.8 Å². The second-order valence-corrected chi connectivity index (χ2v) is 9.21. The zero-order valence-electron chi connectivity index (χ0n) is 21.6. The van der Waals surface area contributed by atoms with Gasteiger partial charge in [0.05, 0.1) is 11.7 Å². The van der Waals surface area contributed by atoms with Gasteiger partial charge in [-0.3, -0.25) is 4.79 Å². The van der Waals surface area contributed by atoms with Crippen LogP contribution in [0, 0.1) is 6.92 Å². The van der Waals surface area contributed by atoms with E-state index in [0.29, 0.717) is 54.7 Å². The molecule has 1 aliphatic rings. The molecular formula is C27H26N10O2. The number of carbonyl (C=O) groups is 1. The average Bonchev–Trinajstić information content (AvgIpc) is 3.34. The molecule has 12 nitrogen and oxygen atoms in total. The summed E-state index contributed by atoms with van der Waals surface area (Å²) in [4.78, 5) is 33.8. The van der Waals surface area contributed by atoms with Gasteiger partial charge in [-0.2, -0.15) is 0 Å². The summed E-state index contributed by atoms with van der Waals surface area (Å²) >= 11 is 0. The van der Waals surface area contributed by atoms with Gasteiger partial charge in [0.2, 0.25) is 11.9 Å². The van der Waals surface area contributed by atoms with Crippen molar-refractivity contribution in [1.29, 1.82) is 0 Å². The van der Waals surface area contributed by atoms with Crippen LogP contribution in [0.3, 0.4) is 0 Å². The number of hydrogen-bond donors (Lipinski definition) is 1. The van der Waals surface area contributed by atoms with Crippen LogP contribution in [0.1, 0.15) is 5.56 Å². The standard InChI is InChI=1S/C27H26N10O2/c1-4-24(38)36-9-11-37(12-10-36)27-28-15-21-25(32-27)26(30-16-29-21)31-18-5-8-23(17(2)13-18)39-19-6-7-22-20(14-19)33-34-35(22)3/h4-8,13-16H,1,9-12H2,2-3H3,(H,29,30,31). The number of nitrogens with zero attached hydrogens (tertiary/aromatic N) is 9. The van der Waals surface area contributed by atoms with Crippen molar-refractivity contribution < 1.29 is 9.53 Å². The first-order valence-electron chi connectivity index (χ1n) is 12.5. The third-order valence-corrected chi connectivity index (χ3v) is 6.66. The number of aryl methyl sites for hydroxylation is 2. The number of benzene rings is 2. The quantitative estimate of drug-likeness (QED) is 0.332. The minimum atomic E-state index is -0.0627. The molecule has 0 spiro atoms. The van der Waals surface area contributed by atoms with Crippen LogP contribution in [0.5, 0.6) is 11.5 Å². The predicted octanol–water partition coefficient (Wildman–Crippen LogP) is 3.38. The van der Waals surface area contributed by atoms with Crippen molar-refractivity contribution in [1.82, 2.24) is 39.8 Å². The molecular weight excluding hydrogens is 496 g/mol. The van der Waals surface area contributed by atoms with Crippen LogP contribution in [0.4, 0.5) is 17.5 Å². The molecule has 3 aromatic heterocycles. The minimum absolute atomic E-state index is 0.0627. The van der Waals surface area contributed by atoms with E-state index in [4.69, 9.17) is 9.72 Å². The van der Waals surface area contributed by atoms with Gasteiger partial charge in [0, 0.05) is 45.0 Å². The summed E-state index contributed by atoms with van der Waals surface area (Å²) in [6, 6.07) is 11.5. The highest BCUT2D eigenvalue weighted by Gasteiger charge is 2.22. The smallest absolute Gasteiger partial charge is 0.246 e. The molecule has 1 amide bonds. The maximum Gasteiger partial charge on any atom is 0.246 e. The molecule has 2 aromatic carbocycles. The Balaban J connectivity index is 1.20. The van der Waals surface area contributed by atoms with Gasteiger partial charge in [-0.25, -0.2) is 24.6 Å². The summed E-state index contributed by atoms with van der Waals surface area (Å²) < 4.78 is 7.85. The van der Waals surface area contributed by atoms with Crippen molar-refractivity contribution in [3.63, 3.8) is 0 Å². The number of carbonyl (C=O) groups excluding carboxylic acids is 1. The first-order valence-corrected chi connectivity index (χ1v) is 12.5. The van der Waals surface area contributed by atoms with E-state index in [9.17, 15) is 4.79 Å². The van der Waals surface area contributed by atoms with Gasteiger partial charge in [0.1, 0.15) is 34.4 Å². The largest absolute Gasteiger partial charge is 0.457 e. The number of fused-ring (bicyclic) bond motifs is 2. The van der Waals surface area contributed by atoms with E-state index in [-0.39, 0.29) is 5.91 Å². The highest BCUT2D eigenvalue weighted by Crippen LogP contribution is 2.31. The van der Waals surface area contributed by atoms with E-state index >= 15 is 0 Å². The zero-order chi connectivity index (χ0) is 26.9. The lowest BCUT2D eigenvalue weighted by molar-refractivity contribution is -0.126. The Labute approximate surface area is 224 Å². The summed E-state index contributed by atoms with van der Waals surface area (Å²) in [5.74, 6) is 2.51. The Morgan fingerprint density at radius 2 is 1.90 bits per heavy atom. The maximum absolute atomic E-state index is 11.9. The lowest BCUT2D eigenvalue weighted by atomic mass is 10.2. The van der Waals surface area contributed by atoms with E-state index in [1.165, 1.54) is 12.4 Å². The molecule has 12 heteroatoms. The predicted molar refractivity (Wildman–Crippen MR) is 147 cm³/mol. The van der Waals surface area contributed by atoms with Gasteiger partial charge < -0.3 is 19.9 Å². The van der Waals surface area contributed by atoms with Crippen molar-refractivity contribution in [2.75, 3.05) is 36.4 Å². The molecule has 0 bridgehead atoms. The number of piperazine rings is 1. The molecule has 1 aliphatic heterocycles. The number of hydrogen-bond acceptors (Lipinski definition) is 10. The third kappa shape index (κ3) is 4.79. The van der Waals surface area contributed by atoms with Gasteiger partial charge in [-0.15, -0.1) is 5.10 Å². The van der Waals surface area contributed by atoms with Crippen molar-refractivity contribution in [3.8, 4) is 11.5 Å². The zero-order valence-corrected chi connectivity index (χ0v) is 21.6. The SMILES string of the molecule is C=CC(=O)N1CCN(c2ncc3ncnc(Nc4ccc(Oc5ccc6c(c5)nnn6C)c(C)c4)c3n2)CC1. The number of aromatic nitrogens is 7. The molecule has 6 rings (SSSR count). The molecule has 1 N–H and O–H groups in total. The molecule has 0 atom stereocenters. The van der Waals surface area contributed by atoms with Crippen molar-refractivity contribution in [3.05, 3.63) is 67.1 Å². The van der Waals surface area contributed by atoms with Crippen molar-refractivity contribution in [2.45, 2.75) is 6.92 Å². The molecule has 0 radical (unpaired) electrons. The van der Waals surface area contributed by atoms with E-state index in [2.05, 4.69) is 42.1 Å². The normalized spacial score (nSPS) is 13.6. The van der Waals surface area contributed by atoms with Crippen molar-refractivity contribution in [2.24, 2.45) is 7.05 Å². The van der Waals surface area contributed by atoms with E-state index in [0.717, 1.165) is 28.0 Å². The Hall–Kier alpha value is -5.13. The van der Waals surface area contributed by atoms with Gasteiger partial charge in [-0.1, -0.05) is 11.8 Å². The highest BCUT2D eigenvalue weighted by atomic mass is 16.5. The Kier molecular flexibility index (Phi) is 6.19. The van der Waals surface area contributed by atoms with Crippen LogP contribution >= 0.6 is 0 Å². The first kappa shape index (κ1) is 24.2. The van der Waals surface area contributed by atoms with Gasteiger partial charge >= 0.3 is 0 Å². The Morgan fingerprint density at radius 1 is 1.05 bits per heavy atom. The highest BCUT2D eigenvalue weighted by molar-refractivity contribution is 5.88. The first-order chi connectivity index (χ1) is 19.0. The van der Waals surface area contributed by atoms with Crippen molar-refractivity contribution >= 4 is 45.4 Å². The summed E-state index contributed by atoms with van der Waals surface area (Å²) in [5.41, 5.74) is 4.73. The number of nitrogens with one attached hydrogen (secondary N) is 1. The second-order valence-electron chi connectivity index (χ2n) is 9.21. The average molecular weight is 523 g/mol. The fourth-order valence-corrected chi connectivity index (χ4v) is 4.53. The molecule has 0 aliphatic carbocycles. The van der Waals surface area contributed by atoms with E-state index in [1.807, 2.05) is 50.4 Å². The molecule has 0 saturated carbocycles. The lowest BCUT2D eigenvalue weighted by Crippen LogP contribution is -2.48. The molecule has 196 valence electrons. The van der Waals surface area contributed by atoms with E-state index < -0.39 is 0 Å². The number of ether oxygens (including phenoxy) is 1. The molecule has 5 aromatic rings. The lowest BCUT2D eigenvalue weighted by Gasteiger charge is -2.34. The topological polar surface area (TPSA) is 127 Å². The Bertz CT molecular complexity index is 1710. The molecule has 39 heavy (non-hydrogen) atoms. The number of rotatable bonds is 6. The van der Waals surface area contributed by atoms with Gasteiger partial charge in [0.15, 0.2) is 5.82 Å². The van der Waals surface area contributed by atoms with Crippen LogP contribution in [-0.2, 0) is 11.8 Å². The fourth-order valence-electron chi connectivity index (χ4n) is 4.53. The summed E-state index contributed by atoms with van der Waals surface area (Å²) in [6.07, 6.45) is 4.53. The second kappa shape index (κ2) is 9.97. The molecule has 0 unspecified atom stereocenters. The summed E-state index contributed by atoms with van der Waals surface area (Å²) in [5, 5.41) is 11.6. The van der Waals surface area contributed by atoms with Gasteiger partial charge in [-0.05, 0) is 48.9 Å². The minimum Gasteiger partial charge on any atom is -0.457 e. The summed E-state index contributed by atoms with van der Waals surface area (Å²) in [6.45, 7) is 7.99. The molecule has 1 saturated heterocycles. The number of amides is 1. The van der Waals surface area contributed by atoms with Crippen LogP contribution in [0.25, 0.3) is 22.1 Å². The summed E-state index contributed by atoms with van der Waals surface area (Å²) in [7, 11) is 1.86. The fraction of sp³-hybridized carbons (Fsp3) is 0.222. The number of anilines is 3.